The molecule has 3 aromatic rings. The second-order valence-corrected chi connectivity index (χ2v) is 11.3. The Hall–Kier alpha value is -2.62. The first kappa shape index (κ1) is 25.0. The summed E-state index contributed by atoms with van der Waals surface area (Å²) in [6.45, 7) is 13.8. The zero-order valence-electron chi connectivity index (χ0n) is 22.6. The highest BCUT2D eigenvalue weighted by atomic mass is 15.2. The zero-order valence-corrected chi connectivity index (χ0v) is 22.6. The quantitative estimate of drug-likeness (QED) is 0.363. The minimum atomic E-state index is 0.346. The van der Waals surface area contributed by atoms with Crippen LogP contribution in [0.4, 0.5) is 5.69 Å². The summed E-state index contributed by atoms with van der Waals surface area (Å²) >= 11 is 0. The van der Waals surface area contributed by atoms with E-state index in [9.17, 15) is 0 Å². The molecule has 0 bridgehead atoms. The van der Waals surface area contributed by atoms with E-state index in [0.717, 1.165) is 19.6 Å². The van der Waals surface area contributed by atoms with Gasteiger partial charge < -0.3 is 4.90 Å². The Kier molecular flexibility index (Phi) is 7.79. The highest BCUT2D eigenvalue weighted by molar-refractivity contribution is 5.53. The molecule has 0 N–H and O–H groups in total. The van der Waals surface area contributed by atoms with Crippen LogP contribution < -0.4 is 4.90 Å². The number of rotatable bonds is 7. The highest BCUT2D eigenvalue weighted by Gasteiger charge is 2.31. The number of nitrogens with zero attached hydrogens (tertiary/aromatic N) is 3. The number of piperidine rings is 1. The second kappa shape index (κ2) is 11.2. The molecular formula is C33H43N3. The van der Waals surface area contributed by atoms with Gasteiger partial charge in [-0.05, 0) is 81.3 Å². The number of likely N-dealkylation sites (tertiary alicyclic amines) is 1. The molecular weight excluding hydrogens is 438 g/mol. The molecule has 0 aromatic heterocycles. The van der Waals surface area contributed by atoms with Crippen LogP contribution >= 0.6 is 0 Å². The Morgan fingerprint density at radius 2 is 1.28 bits per heavy atom. The number of anilines is 1. The van der Waals surface area contributed by atoms with Crippen LogP contribution in [0.15, 0.2) is 78.9 Å². The number of hydrogen-bond acceptors (Lipinski definition) is 3. The normalized spacial score (nSPS) is 17.6. The molecule has 0 amide bonds. The molecule has 5 rings (SSSR count). The SMILES string of the molecule is CC(C)N(c1ccc2c(c1)CCN(C1CCN(C(c3ccccc3)c3ccccc3)CC1)C2)C(C)C. The third kappa shape index (κ3) is 5.38. The van der Waals surface area contributed by atoms with E-state index in [2.05, 4.69) is 121 Å². The van der Waals surface area contributed by atoms with E-state index in [-0.39, 0.29) is 0 Å². The summed E-state index contributed by atoms with van der Waals surface area (Å²) in [6.07, 6.45) is 3.67. The summed E-state index contributed by atoms with van der Waals surface area (Å²) in [6, 6.07) is 31.4. The van der Waals surface area contributed by atoms with Crippen LogP contribution in [-0.4, -0.2) is 47.6 Å². The number of benzene rings is 3. The van der Waals surface area contributed by atoms with Crippen molar-refractivity contribution >= 4 is 5.69 Å². The highest BCUT2D eigenvalue weighted by Crippen LogP contribution is 2.34. The molecule has 0 saturated carbocycles. The average Bonchev–Trinajstić information content (AvgIpc) is 2.90. The van der Waals surface area contributed by atoms with Crippen molar-refractivity contribution in [2.24, 2.45) is 0 Å². The Balaban J connectivity index is 1.26. The Morgan fingerprint density at radius 3 is 1.83 bits per heavy atom. The molecule has 3 heteroatoms. The van der Waals surface area contributed by atoms with Gasteiger partial charge in [-0.15, -0.1) is 0 Å². The summed E-state index contributed by atoms with van der Waals surface area (Å²) in [4.78, 5) is 8.01. The van der Waals surface area contributed by atoms with Crippen LogP contribution in [0.3, 0.4) is 0 Å². The molecule has 0 radical (unpaired) electrons. The Labute approximate surface area is 218 Å². The van der Waals surface area contributed by atoms with Gasteiger partial charge in [0.1, 0.15) is 0 Å². The summed E-state index contributed by atoms with van der Waals surface area (Å²) in [7, 11) is 0. The topological polar surface area (TPSA) is 9.72 Å². The van der Waals surface area contributed by atoms with Gasteiger partial charge in [0.05, 0.1) is 6.04 Å². The zero-order chi connectivity index (χ0) is 25.1. The number of hydrogen-bond donors (Lipinski definition) is 0. The molecule has 0 atom stereocenters. The van der Waals surface area contributed by atoms with Crippen LogP contribution in [0.2, 0.25) is 0 Å². The summed E-state index contributed by atoms with van der Waals surface area (Å²) in [5.41, 5.74) is 7.28. The van der Waals surface area contributed by atoms with Gasteiger partial charge in [0.2, 0.25) is 0 Å². The molecule has 0 spiro atoms. The van der Waals surface area contributed by atoms with Crippen LogP contribution in [0.5, 0.6) is 0 Å². The lowest BCUT2D eigenvalue weighted by molar-refractivity contribution is 0.0843. The first-order valence-electron chi connectivity index (χ1n) is 14.0. The van der Waals surface area contributed by atoms with E-state index in [0.29, 0.717) is 24.2 Å². The van der Waals surface area contributed by atoms with Crippen molar-refractivity contribution in [1.82, 2.24) is 9.80 Å². The predicted octanol–water partition coefficient (Wildman–Crippen LogP) is 6.92. The van der Waals surface area contributed by atoms with Crippen molar-refractivity contribution in [2.45, 2.75) is 77.7 Å². The predicted molar refractivity (Wildman–Crippen MR) is 153 cm³/mol. The maximum atomic E-state index is 2.77. The molecule has 3 aromatic carbocycles. The maximum absolute atomic E-state index is 2.77. The lowest BCUT2D eigenvalue weighted by atomic mass is 9.92. The molecule has 1 fully saturated rings. The molecule has 1 saturated heterocycles. The van der Waals surface area contributed by atoms with E-state index in [1.165, 1.54) is 48.2 Å². The summed E-state index contributed by atoms with van der Waals surface area (Å²) in [5, 5.41) is 0. The minimum absolute atomic E-state index is 0.346. The third-order valence-corrected chi connectivity index (χ3v) is 8.25. The lowest BCUT2D eigenvalue weighted by Crippen LogP contribution is -2.47. The molecule has 2 heterocycles. The van der Waals surface area contributed by atoms with E-state index in [1.54, 1.807) is 5.56 Å². The monoisotopic (exact) mass is 481 g/mol. The molecule has 2 aliphatic rings. The molecule has 190 valence electrons. The maximum Gasteiger partial charge on any atom is 0.0601 e. The van der Waals surface area contributed by atoms with Gasteiger partial charge >= 0.3 is 0 Å². The van der Waals surface area contributed by atoms with E-state index >= 15 is 0 Å². The van der Waals surface area contributed by atoms with E-state index < -0.39 is 0 Å². The molecule has 2 aliphatic heterocycles. The van der Waals surface area contributed by atoms with E-state index in [4.69, 9.17) is 0 Å². The van der Waals surface area contributed by atoms with Gasteiger partial charge in [-0.3, -0.25) is 9.80 Å². The van der Waals surface area contributed by atoms with E-state index in [1.807, 2.05) is 0 Å². The van der Waals surface area contributed by atoms with Crippen LogP contribution in [0.25, 0.3) is 0 Å². The largest absolute Gasteiger partial charge is 0.367 e. The summed E-state index contributed by atoms with van der Waals surface area (Å²) in [5.74, 6) is 0. The second-order valence-electron chi connectivity index (χ2n) is 11.3. The standard InChI is InChI=1S/C33H43N3/c1-25(2)36(26(3)4)32-16-15-30-24-35(20-17-29(30)23-32)31-18-21-34(22-19-31)33(27-11-7-5-8-12-27)28-13-9-6-10-14-28/h5-16,23,25-26,31,33H,17-22,24H2,1-4H3. The van der Waals surface area contributed by atoms with Crippen molar-refractivity contribution in [2.75, 3.05) is 24.5 Å². The minimum Gasteiger partial charge on any atom is -0.367 e. The van der Waals surface area contributed by atoms with Crippen molar-refractivity contribution in [1.29, 1.82) is 0 Å². The van der Waals surface area contributed by atoms with Gasteiger partial charge in [0.25, 0.3) is 0 Å². The van der Waals surface area contributed by atoms with Crippen LogP contribution in [-0.2, 0) is 13.0 Å². The van der Waals surface area contributed by atoms with Crippen molar-refractivity contribution in [3.05, 3.63) is 101 Å². The fraction of sp³-hybridized carbons (Fsp3) is 0.455. The van der Waals surface area contributed by atoms with Crippen LogP contribution in [0.1, 0.15) is 68.8 Å². The Morgan fingerprint density at radius 1 is 0.694 bits per heavy atom. The first-order valence-corrected chi connectivity index (χ1v) is 14.0. The van der Waals surface area contributed by atoms with Gasteiger partial charge in [0, 0.05) is 50.0 Å². The molecule has 36 heavy (non-hydrogen) atoms. The third-order valence-electron chi connectivity index (χ3n) is 8.25. The number of fused-ring (bicyclic) bond motifs is 1. The lowest BCUT2D eigenvalue weighted by Gasteiger charge is -2.43. The van der Waals surface area contributed by atoms with Gasteiger partial charge in [-0.1, -0.05) is 66.7 Å². The van der Waals surface area contributed by atoms with Crippen molar-refractivity contribution in [3.63, 3.8) is 0 Å². The van der Waals surface area contributed by atoms with Gasteiger partial charge in [-0.25, -0.2) is 0 Å². The van der Waals surface area contributed by atoms with Crippen molar-refractivity contribution < 1.29 is 0 Å². The Bertz CT molecular complexity index is 1050. The average molecular weight is 482 g/mol. The first-order chi connectivity index (χ1) is 17.5. The molecule has 3 nitrogen and oxygen atoms in total. The fourth-order valence-corrected chi connectivity index (χ4v) is 6.62. The van der Waals surface area contributed by atoms with Gasteiger partial charge in [-0.2, -0.15) is 0 Å². The van der Waals surface area contributed by atoms with Gasteiger partial charge in [0.15, 0.2) is 0 Å². The molecule has 0 unspecified atom stereocenters. The van der Waals surface area contributed by atoms with Crippen LogP contribution in [0, 0.1) is 0 Å². The summed E-state index contributed by atoms with van der Waals surface area (Å²) < 4.78 is 0. The fourth-order valence-electron chi connectivity index (χ4n) is 6.62. The van der Waals surface area contributed by atoms with Crippen molar-refractivity contribution in [3.8, 4) is 0 Å². The smallest absolute Gasteiger partial charge is 0.0601 e. The molecule has 0 aliphatic carbocycles.